The van der Waals surface area contributed by atoms with Gasteiger partial charge in [-0.1, -0.05) is 20.8 Å². The molecule has 0 heterocycles. The Hall–Kier alpha value is -0.0800. The van der Waals surface area contributed by atoms with Gasteiger partial charge in [-0.05, 0) is 24.7 Å². The Morgan fingerprint density at radius 1 is 1.33 bits per heavy atom. The fraction of sp³-hybridized carbons (Fsp3) is 1.00. The van der Waals surface area contributed by atoms with Crippen LogP contribution in [0, 0.1) is 11.8 Å². The Balaban J connectivity index is 3.67. The van der Waals surface area contributed by atoms with Crippen molar-refractivity contribution in [2.24, 2.45) is 11.8 Å². The molecule has 0 saturated carbocycles. The van der Waals surface area contributed by atoms with Gasteiger partial charge in [-0.25, -0.2) is 0 Å². The van der Waals surface area contributed by atoms with Crippen LogP contribution in [0.3, 0.4) is 0 Å². The summed E-state index contributed by atoms with van der Waals surface area (Å²) in [5.74, 6) is 0.921. The second-order valence-corrected chi connectivity index (χ2v) is 3.59. The number of rotatable bonds is 6. The molecule has 0 aromatic rings. The van der Waals surface area contributed by atoms with Crippen molar-refractivity contribution in [2.45, 2.75) is 39.7 Å². The van der Waals surface area contributed by atoms with Crippen LogP contribution in [0.1, 0.15) is 33.6 Å². The molecule has 0 spiro atoms. The molecule has 2 heteroatoms. The molecule has 12 heavy (non-hydrogen) atoms. The average Bonchev–Trinajstić information content (AvgIpc) is 2.11. The quantitative estimate of drug-likeness (QED) is 0.668. The van der Waals surface area contributed by atoms with Gasteiger partial charge < -0.3 is 9.84 Å². The molecule has 0 aliphatic heterocycles. The van der Waals surface area contributed by atoms with E-state index in [-0.39, 0.29) is 6.10 Å². The van der Waals surface area contributed by atoms with Crippen molar-refractivity contribution >= 4 is 0 Å². The molecule has 1 N–H and O–H groups in total. The van der Waals surface area contributed by atoms with Gasteiger partial charge in [0.25, 0.3) is 0 Å². The van der Waals surface area contributed by atoms with Crippen molar-refractivity contribution < 1.29 is 9.84 Å². The van der Waals surface area contributed by atoms with Crippen molar-refractivity contribution in [3.8, 4) is 0 Å². The van der Waals surface area contributed by atoms with E-state index in [9.17, 15) is 5.11 Å². The molecular formula is C10H22O2. The highest BCUT2D eigenvalue weighted by Crippen LogP contribution is 2.20. The topological polar surface area (TPSA) is 29.5 Å². The highest BCUT2D eigenvalue weighted by atomic mass is 16.5. The van der Waals surface area contributed by atoms with Crippen molar-refractivity contribution in [2.75, 3.05) is 13.7 Å². The van der Waals surface area contributed by atoms with Crippen LogP contribution in [0.5, 0.6) is 0 Å². The van der Waals surface area contributed by atoms with Gasteiger partial charge in [0, 0.05) is 13.7 Å². The van der Waals surface area contributed by atoms with E-state index in [1.165, 1.54) is 0 Å². The molecule has 0 amide bonds. The SMILES string of the molecule is CCC(O)C(C)C(C)CCOC. The van der Waals surface area contributed by atoms with E-state index >= 15 is 0 Å². The van der Waals surface area contributed by atoms with Crippen molar-refractivity contribution in [3.05, 3.63) is 0 Å². The van der Waals surface area contributed by atoms with E-state index in [4.69, 9.17) is 4.74 Å². The van der Waals surface area contributed by atoms with Gasteiger partial charge in [-0.2, -0.15) is 0 Å². The van der Waals surface area contributed by atoms with Crippen molar-refractivity contribution in [1.82, 2.24) is 0 Å². The van der Waals surface area contributed by atoms with Gasteiger partial charge in [-0.15, -0.1) is 0 Å². The molecule has 0 bridgehead atoms. The monoisotopic (exact) mass is 174 g/mol. The fourth-order valence-electron chi connectivity index (χ4n) is 1.32. The first kappa shape index (κ1) is 11.9. The van der Waals surface area contributed by atoms with Gasteiger partial charge in [0.05, 0.1) is 6.10 Å². The number of hydrogen-bond acceptors (Lipinski definition) is 2. The summed E-state index contributed by atoms with van der Waals surface area (Å²) in [4.78, 5) is 0. The van der Waals surface area contributed by atoms with Crippen LogP contribution in [0.4, 0.5) is 0 Å². The summed E-state index contributed by atoms with van der Waals surface area (Å²) < 4.78 is 4.99. The maximum Gasteiger partial charge on any atom is 0.0565 e. The zero-order valence-corrected chi connectivity index (χ0v) is 8.71. The third-order valence-electron chi connectivity index (χ3n) is 2.70. The highest BCUT2D eigenvalue weighted by molar-refractivity contribution is 4.68. The molecule has 0 radical (unpaired) electrons. The summed E-state index contributed by atoms with van der Waals surface area (Å²) in [7, 11) is 1.72. The average molecular weight is 174 g/mol. The number of ether oxygens (including phenoxy) is 1. The van der Waals surface area contributed by atoms with Crippen molar-refractivity contribution in [1.29, 1.82) is 0 Å². The molecule has 0 aliphatic carbocycles. The van der Waals surface area contributed by atoms with E-state index in [1.54, 1.807) is 7.11 Å². The number of methoxy groups -OCH3 is 1. The predicted molar refractivity (Wildman–Crippen MR) is 51.1 cm³/mol. The second kappa shape index (κ2) is 6.44. The minimum absolute atomic E-state index is 0.156. The Morgan fingerprint density at radius 3 is 2.33 bits per heavy atom. The fourth-order valence-corrected chi connectivity index (χ4v) is 1.32. The first-order chi connectivity index (χ1) is 5.63. The molecule has 0 aromatic heterocycles. The van der Waals surface area contributed by atoms with E-state index in [0.717, 1.165) is 19.4 Å². The van der Waals surface area contributed by atoms with Gasteiger partial charge in [0.2, 0.25) is 0 Å². The lowest BCUT2D eigenvalue weighted by Gasteiger charge is -2.23. The van der Waals surface area contributed by atoms with Crippen LogP contribution in [-0.4, -0.2) is 24.9 Å². The van der Waals surface area contributed by atoms with Gasteiger partial charge in [-0.3, -0.25) is 0 Å². The molecule has 74 valence electrons. The molecule has 0 rings (SSSR count). The van der Waals surface area contributed by atoms with Gasteiger partial charge >= 0.3 is 0 Å². The summed E-state index contributed by atoms with van der Waals surface area (Å²) in [6, 6.07) is 0. The second-order valence-electron chi connectivity index (χ2n) is 3.59. The first-order valence-corrected chi connectivity index (χ1v) is 4.80. The number of aliphatic hydroxyl groups excluding tert-OH is 1. The molecule has 0 aliphatic rings. The van der Waals surface area contributed by atoms with Crippen molar-refractivity contribution in [3.63, 3.8) is 0 Å². The molecular weight excluding hydrogens is 152 g/mol. The molecule has 2 nitrogen and oxygen atoms in total. The van der Waals surface area contributed by atoms with Crippen LogP contribution >= 0.6 is 0 Å². The third kappa shape index (κ3) is 4.07. The van der Waals surface area contributed by atoms with Crippen LogP contribution < -0.4 is 0 Å². The standard InChI is InChI=1S/C10H22O2/c1-5-10(11)9(3)8(2)6-7-12-4/h8-11H,5-7H2,1-4H3. The molecule has 0 aromatic carbocycles. The summed E-state index contributed by atoms with van der Waals surface area (Å²) in [6.07, 6.45) is 1.73. The predicted octanol–water partition coefficient (Wildman–Crippen LogP) is 2.07. The van der Waals surface area contributed by atoms with Gasteiger partial charge in [0.1, 0.15) is 0 Å². The van der Waals surface area contributed by atoms with E-state index in [1.807, 2.05) is 6.92 Å². The van der Waals surface area contributed by atoms with Crippen LogP contribution in [0.2, 0.25) is 0 Å². The summed E-state index contributed by atoms with van der Waals surface area (Å²) in [5.41, 5.74) is 0. The largest absolute Gasteiger partial charge is 0.393 e. The van der Waals surface area contributed by atoms with E-state index in [2.05, 4.69) is 13.8 Å². The maximum atomic E-state index is 9.56. The summed E-state index contributed by atoms with van der Waals surface area (Å²) in [6.45, 7) is 7.09. The third-order valence-corrected chi connectivity index (χ3v) is 2.70. The Morgan fingerprint density at radius 2 is 1.92 bits per heavy atom. The van der Waals surface area contributed by atoms with Gasteiger partial charge in [0.15, 0.2) is 0 Å². The maximum absolute atomic E-state index is 9.56. The summed E-state index contributed by atoms with van der Waals surface area (Å²) in [5, 5.41) is 9.56. The van der Waals surface area contributed by atoms with E-state index < -0.39 is 0 Å². The number of hydrogen-bond donors (Lipinski definition) is 1. The lowest BCUT2D eigenvalue weighted by Crippen LogP contribution is -2.23. The zero-order valence-electron chi connectivity index (χ0n) is 8.71. The van der Waals surface area contributed by atoms with E-state index in [0.29, 0.717) is 11.8 Å². The molecule has 0 saturated heterocycles. The highest BCUT2D eigenvalue weighted by Gasteiger charge is 2.18. The first-order valence-electron chi connectivity index (χ1n) is 4.80. The Kier molecular flexibility index (Phi) is 6.39. The Bertz CT molecular complexity index is 104. The lowest BCUT2D eigenvalue weighted by molar-refractivity contribution is 0.0703. The lowest BCUT2D eigenvalue weighted by atomic mass is 9.87. The zero-order chi connectivity index (χ0) is 9.56. The van der Waals surface area contributed by atoms with Crippen LogP contribution in [-0.2, 0) is 4.74 Å². The molecule has 3 unspecified atom stereocenters. The summed E-state index contributed by atoms with van der Waals surface area (Å²) >= 11 is 0. The van der Waals surface area contributed by atoms with Crippen LogP contribution in [0.25, 0.3) is 0 Å². The minimum Gasteiger partial charge on any atom is -0.393 e. The number of aliphatic hydroxyl groups is 1. The molecule has 3 atom stereocenters. The normalized spacial score (nSPS) is 18.8. The minimum atomic E-state index is -0.156. The Labute approximate surface area is 75.9 Å². The molecule has 0 fully saturated rings. The van der Waals surface area contributed by atoms with Crippen LogP contribution in [0.15, 0.2) is 0 Å². The smallest absolute Gasteiger partial charge is 0.0565 e.